The van der Waals surface area contributed by atoms with Crippen molar-refractivity contribution in [1.29, 1.82) is 0 Å². The molecule has 0 saturated heterocycles. The molecule has 59 heavy (non-hydrogen) atoms. The lowest BCUT2D eigenvalue weighted by atomic mass is 9.67. The number of fused-ring (bicyclic) bond motifs is 3. The van der Waals surface area contributed by atoms with Crippen LogP contribution in [0.2, 0.25) is 0 Å². The van der Waals surface area contributed by atoms with Gasteiger partial charge in [-0.3, -0.25) is 0 Å². The Labute approximate surface area is 354 Å². The van der Waals surface area contributed by atoms with E-state index in [2.05, 4.69) is 123 Å². The number of phenolic OH excluding ortho intramolecular Hbond substituents is 2. The van der Waals surface area contributed by atoms with Crippen molar-refractivity contribution in [2.24, 2.45) is 0 Å². The molecule has 0 bridgehead atoms. The third kappa shape index (κ3) is 11.2. The Bertz CT molecular complexity index is 2010. The predicted molar refractivity (Wildman–Crippen MR) is 247 cm³/mol. The standard InChI is InChI=1S/C27H22O2.C26H38O2.C2H6/c1-17-15-19(11-13-25(17)28)27(20-12-14-26(29)18(2)16-20)23-9-5-3-7-21(23)22-8-4-6-10-24(22)27;1-3-23-13-17-25(18-14-23)27-21-11-9-7-5-6-8-10-12-22-28-26-19-15-24(4-2)16-20-26;1-2/h3-16,28-29H,1-2H3;13-20H,3-12,21-22H2,1-2H3;1-2H3. The Hall–Kier alpha value is -5.48. The minimum atomic E-state index is -0.510. The van der Waals surface area contributed by atoms with E-state index in [1.807, 2.05) is 39.8 Å². The number of aryl methyl sites for hydroxylation is 4. The number of unbranched alkanes of at least 4 members (excludes halogenated alkanes) is 7. The Morgan fingerprint density at radius 2 is 0.797 bits per heavy atom. The minimum Gasteiger partial charge on any atom is -0.508 e. The highest BCUT2D eigenvalue weighted by Gasteiger charge is 2.46. The molecular weight excluding hydrogens is 725 g/mol. The number of phenols is 2. The van der Waals surface area contributed by atoms with Crippen LogP contribution in [0.25, 0.3) is 11.1 Å². The van der Waals surface area contributed by atoms with E-state index in [0.29, 0.717) is 11.5 Å². The molecule has 0 radical (unpaired) electrons. The van der Waals surface area contributed by atoms with E-state index < -0.39 is 5.41 Å². The number of aromatic hydroxyl groups is 2. The Balaban J connectivity index is 0.000000216. The smallest absolute Gasteiger partial charge is 0.119 e. The zero-order valence-corrected chi connectivity index (χ0v) is 36.4. The molecule has 2 N–H and O–H groups in total. The molecule has 6 aromatic carbocycles. The first-order valence-electron chi connectivity index (χ1n) is 22.1. The van der Waals surface area contributed by atoms with E-state index in [4.69, 9.17) is 9.47 Å². The summed E-state index contributed by atoms with van der Waals surface area (Å²) >= 11 is 0. The molecule has 1 aliphatic rings. The van der Waals surface area contributed by atoms with Crippen molar-refractivity contribution < 1.29 is 19.7 Å². The van der Waals surface area contributed by atoms with E-state index in [-0.39, 0.29) is 0 Å². The van der Waals surface area contributed by atoms with Crippen LogP contribution in [0.5, 0.6) is 23.0 Å². The Morgan fingerprint density at radius 3 is 1.15 bits per heavy atom. The van der Waals surface area contributed by atoms with E-state index in [0.717, 1.165) is 72.6 Å². The van der Waals surface area contributed by atoms with Gasteiger partial charge in [0.15, 0.2) is 0 Å². The third-order valence-corrected chi connectivity index (χ3v) is 11.5. The summed E-state index contributed by atoms with van der Waals surface area (Å²) in [6.45, 7) is 13.9. The van der Waals surface area contributed by atoms with Gasteiger partial charge in [0.05, 0.1) is 18.6 Å². The molecule has 6 aromatic rings. The van der Waals surface area contributed by atoms with Gasteiger partial charge in [0.2, 0.25) is 0 Å². The van der Waals surface area contributed by atoms with Crippen LogP contribution in [0, 0.1) is 13.8 Å². The lowest BCUT2D eigenvalue weighted by molar-refractivity contribution is 0.301. The molecule has 310 valence electrons. The highest BCUT2D eigenvalue weighted by molar-refractivity contribution is 5.86. The van der Waals surface area contributed by atoms with Gasteiger partial charge in [0.25, 0.3) is 0 Å². The van der Waals surface area contributed by atoms with Gasteiger partial charge < -0.3 is 19.7 Å². The maximum atomic E-state index is 10.2. The first kappa shape index (κ1) is 44.6. The monoisotopic (exact) mass is 790 g/mol. The number of ether oxygens (including phenoxy) is 2. The highest BCUT2D eigenvalue weighted by Crippen LogP contribution is 2.56. The molecular formula is C55H66O4. The largest absolute Gasteiger partial charge is 0.508 e. The molecule has 1 aliphatic carbocycles. The van der Waals surface area contributed by atoms with Crippen molar-refractivity contribution in [3.8, 4) is 34.1 Å². The normalized spacial score (nSPS) is 12.0. The zero-order chi connectivity index (χ0) is 42.0. The van der Waals surface area contributed by atoms with Crippen LogP contribution in [-0.2, 0) is 18.3 Å². The van der Waals surface area contributed by atoms with Crippen LogP contribution in [-0.4, -0.2) is 23.4 Å². The second kappa shape index (κ2) is 22.6. The summed E-state index contributed by atoms with van der Waals surface area (Å²) in [7, 11) is 0. The van der Waals surface area contributed by atoms with Gasteiger partial charge in [0, 0.05) is 0 Å². The fourth-order valence-electron chi connectivity index (χ4n) is 8.09. The van der Waals surface area contributed by atoms with Gasteiger partial charge in [-0.05, 0) is 132 Å². The Kier molecular flexibility index (Phi) is 17.1. The van der Waals surface area contributed by atoms with Crippen LogP contribution in [0.4, 0.5) is 0 Å². The lowest BCUT2D eigenvalue weighted by Gasteiger charge is -2.34. The lowest BCUT2D eigenvalue weighted by Crippen LogP contribution is -2.28. The summed E-state index contributed by atoms with van der Waals surface area (Å²) in [6, 6.07) is 45.8. The first-order chi connectivity index (χ1) is 28.8. The summed E-state index contributed by atoms with van der Waals surface area (Å²) in [5, 5.41) is 20.4. The second-order valence-electron chi connectivity index (χ2n) is 15.4. The van der Waals surface area contributed by atoms with Crippen LogP contribution in [0.3, 0.4) is 0 Å². The molecule has 0 atom stereocenters. The van der Waals surface area contributed by atoms with E-state index in [9.17, 15) is 10.2 Å². The van der Waals surface area contributed by atoms with Crippen LogP contribution in [0.15, 0.2) is 133 Å². The average Bonchev–Trinajstić information content (AvgIpc) is 3.58. The van der Waals surface area contributed by atoms with Crippen molar-refractivity contribution >= 4 is 0 Å². The van der Waals surface area contributed by atoms with Crippen molar-refractivity contribution in [2.75, 3.05) is 13.2 Å². The van der Waals surface area contributed by atoms with Gasteiger partial charge in [-0.15, -0.1) is 0 Å². The van der Waals surface area contributed by atoms with Crippen molar-refractivity contribution in [3.05, 3.63) is 178 Å². The molecule has 0 aromatic heterocycles. The van der Waals surface area contributed by atoms with Crippen LogP contribution < -0.4 is 9.47 Å². The molecule has 0 heterocycles. The molecule has 4 heteroatoms. The fraction of sp³-hybridized carbons (Fsp3) is 0.345. The maximum Gasteiger partial charge on any atom is 0.119 e. The van der Waals surface area contributed by atoms with Crippen molar-refractivity contribution in [3.63, 3.8) is 0 Å². The first-order valence-corrected chi connectivity index (χ1v) is 22.1. The molecule has 7 rings (SSSR count). The fourth-order valence-corrected chi connectivity index (χ4v) is 8.09. The van der Waals surface area contributed by atoms with Crippen molar-refractivity contribution in [2.45, 2.75) is 111 Å². The molecule has 0 saturated carbocycles. The summed E-state index contributed by atoms with van der Waals surface area (Å²) in [4.78, 5) is 0. The van der Waals surface area contributed by atoms with Gasteiger partial charge in [-0.2, -0.15) is 0 Å². The molecule has 4 nitrogen and oxygen atoms in total. The van der Waals surface area contributed by atoms with Gasteiger partial charge >= 0.3 is 0 Å². The average molecular weight is 791 g/mol. The predicted octanol–water partition coefficient (Wildman–Crippen LogP) is 14.5. The Morgan fingerprint density at radius 1 is 0.441 bits per heavy atom. The summed E-state index contributed by atoms with van der Waals surface area (Å²) in [5.41, 5.74) is 11.0. The summed E-state index contributed by atoms with van der Waals surface area (Å²) in [5.74, 6) is 2.59. The zero-order valence-electron chi connectivity index (χ0n) is 36.4. The number of rotatable bonds is 17. The molecule has 0 fully saturated rings. The maximum absolute atomic E-state index is 10.2. The van der Waals surface area contributed by atoms with Gasteiger partial charge in [-0.25, -0.2) is 0 Å². The van der Waals surface area contributed by atoms with E-state index in [1.165, 1.54) is 71.9 Å². The molecule has 0 aliphatic heterocycles. The molecule has 0 amide bonds. The van der Waals surface area contributed by atoms with Crippen LogP contribution >= 0.6 is 0 Å². The molecule has 0 unspecified atom stereocenters. The van der Waals surface area contributed by atoms with E-state index in [1.54, 1.807) is 12.1 Å². The van der Waals surface area contributed by atoms with Crippen molar-refractivity contribution in [1.82, 2.24) is 0 Å². The summed E-state index contributed by atoms with van der Waals surface area (Å²) < 4.78 is 11.6. The SMILES string of the molecule is CC.CCc1ccc(OCCCCCCCCCCOc2ccc(CC)cc2)cc1.Cc1cc(C2(c3ccc(O)c(C)c3)c3ccccc3-c3ccccc32)ccc1O. The second-order valence-corrected chi connectivity index (χ2v) is 15.4. The van der Waals surface area contributed by atoms with Crippen LogP contribution in [0.1, 0.15) is 124 Å². The number of hydrogen-bond acceptors (Lipinski definition) is 4. The topological polar surface area (TPSA) is 58.9 Å². The third-order valence-electron chi connectivity index (χ3n) is 11.5. The number of benzene rings is 6. The van der Waals surface area contributed by atoms with Gasteiger partial charge in [0.1, 0.15) is 23.0 Å². The van der Waals surface area contributed by atoms with Gasteiger partial charge in [-0.1, -0.05) is 163 Å². The quantitative estimate of drug-likeness (QED) is 0.0902. The van der Waals surface area contributed by atoms with E-state index >= 15 is 0 Å². The molecule has 0 spiro atoms. The highest BCUT2D eigenvalue weighted by atomic mass is 16.5. The minimum absolute atomic E-state index is 0.297. The number of hydrogen-bond donors (Lipinski definition) is 2. The summed E-state index contributed by atoms with van der Waals surface area (Å²) in [6.07, 6.45) is 12.3.